The van der Waals surface area contributed by atoms with Crippen molar-refractivity contribution in [2.24, 2.45) is 5.73 Å². The SMILES string of the molecule is Cc1ccc(S(=O)(=O)N[C@@H](c2c(C(C)C)cc(C(C)C)cc2C(C)C)[C@@H](N)c2c(C(C)C)cc(C(C)C)cc2C(C)C)cc1. The van der Waals surface area contributed by atoms with Gasteiger partial charge in [0.25, 0.3) is 0 Å². The Morgan fingerprint density at radius 1 is 0.545 bits per heavy atom. The Kier molecular flexibility index (Phi) is 11.7. The third-order valence-corrected chi connectivity index (χ3v) is 10.4. The molecule has 0 radical (unpaired) electrons. The molecule has 5 heteroatoms. The van der Waals surface area contributed by atoms with E-state index in [0.717, 1.165) is 27.8 Å². The summed E-state index contributed by atoms with van der Waals surface area (Å²) in [4.78, 5) is 0.250. The smallest absolute Gasteiger partial charge is 0.241 e. The minimum absolute atomic E-state index is 0.178. The highest BCUT2D eigenvalue weighted by atomic mass is 32.2. The number of benzene rings is 3. The highest BCUT2D eigenvalue weighted by molar-refractivity contribution is 7.89. The van der Waals surface area contributed by atoms with Gasteiger partial charge in [0.15, 0.2) is 0 Å². The number of hydrogen-bond donors (Lipinski definition) is 2. The molecule has 0 unspecified atom stereocenters. The minimum atomic E-state index is -3.91. The maximum absolute atomic E-state index is 14.2. The summed E-state index contributed by atoms with van der Waals surface area (Å²) in [5.41, 5.74) is 17.8. The van der Waals surface area contributed by atoms with E-state index in [1.54, 1.807) is 12.1 Å². The fraction of sp³-hybridized carbons (Fsp3) is 0.538. The molecule has 2 atom stereocenters. The highest BCUT2D eigenvalue weighted by Crippen LogP contribution is 2.44. The predicted octanol–water partition coefficient (Wildman–Crippen LogP) is 10.5. The first kappa shape index (κ1) is 36.0. The van der Waals surface area contributed by atoms with Crippen LogP contribution in [0.5, 0.6) is 0 Å². The van der Waals surface area contributed by atoms with Crippen molar-refractivity contribution in [3.05, 3.63) is 98.6 Å². The first-order valence-corrected chi connectivity index (χ1v) is 18.0. The molecule has 0 fully saturated rings. The van der Waals surface area contributed by atoms with Gasteiger partial charge in [0.2, 0.25) is 10.0 Å². The standard InChI is InChI=1S/C39H58N2O2S/c1-22(2)29-18-32(24(5)6)36(33(19-29)25(7)8)38(40)39(41-44(42,43)31-16-14-28(13)15-17-31)37-34(26(9)10)20-30(23(3)4)21-35(37)27(11)12/h14-27,38-39,41H,40H2,1-13H3/t38-,39-/m0/s1. The van der Waals surface area contributed by atoms with E-state index >= 15 is 0 Å². The van der Waals surface area contributed by atoms with E-state index in [0.29, 0.717) is 11.8 Å². The molecule has 242 valence electrons. The second-order valence-electron chi connectivity index (χ2n) is 14.6. The molecule has 0 heterocycles. The molecule has 0 aliphatic rings. The lowest BCUT2D eigenvalue weighted by atomic mass is 9.76. The van der Waals surface area contributed by atoms with Gasteiger partial charge in [-0.25, -0.2) is 13.1 Å². The van der Waals surface area contributed by atoms with Crippen LogP contribution in [0.25, 0.3) is 0 Å². The summed E-state index contributed by atoms with van der Waals surface area (Å²) >= 11 is 0. The molecule has 3 aromatic carbocycles. The lowest BCUT2D eigenvalue weighted by molar-refractivity contribution is 0.487. The molecule has 44 heavy (non-hydrogen) atoms. The Labute approximate surface area is 269 Å². The van der Waals surface area contributed by atoms with E-state index in [4.69, 9.17) is 5.73 Å². The van der Waals surface area contributed by atoms with E-state index in [9.17, 15) is 8.42 Å². The maximum atomic E-state index is 14.2. The molecule has 3 rings (SSSR count). The van der Waals surface area contributed by atoms with E-state index in [1.807, 2.05) is 19.1 Å². The average Bonchev–Trinajstić information content (AvgIpc) is 2.94. The number of nitrogens with one attached hydrogen (secondary N) is 1. The molecule has 0 spiro atoms. The quantitative estimate of drug-likeness (QED) is 0.212. The topological polar surface area (TPSA) is 72.2 Å². The van der Waals surface area contributed by atoms with Gasteiger partial charge in [-0.15, -0.1) is 0 Å². The Balaban J connectivity index is 2.47. The summed E-state index contributed by atoms with van der Waals surface area (Å²) in [7, 11) is -3.91. The zero-order valence-electron chi connectivity index (χ0n) is 29.5. The second kappa shape index (κ2) is 14.3. The largest absolute Gasteiger partial charge is 0.322 e. The van der Waals surface area contributed by atoms with Gasteiger partial charge in [0.05, 0.1) is 17.0 Å². The molecule has 4 nitrogen and oxygen atoms in total. The van der Waals surface area contributed by atoms with Crippen LogP contribution in [0.4, 0.5) is 0 Å². The zero-order valence-corrected chi connectivity index (χ0v) is 30.4. The van der Waals surface area contributed by atoms with Crippen molar-refractivity contribution < 1.29 is 8.42 Å². The third kappa shape index (κ3) is 7.84. The van der Waals surface area contributed by atoms with Crippen molar-refractivity contribution in [3.63, 3.8) is 0 Å². The first-order valence-electron chi connectivity index (χ1n) is 16.6. The van der Waals surface area contributed by atoms with E-state index in [-0.39, 0.29) is 28.6 Å². The Bertz CT molecular complexity index is 1470. The molecule has 3 aromatic rings. The van der Waals surface area contributed by atoms with E-state index in [2.05, 4.69) is 112 Å². The van der Waals surface area contributed by atoms with Crippen molar-refractivity contribution in [2.75, 3.05) is 0 Å². The lowest BCUT2D eigenvalue weighted by Crippen LogP contribution is -2.38. The van der Waals surface area contributed by atoms with Gasteiger partial charge in [0, 0.05) is 0 Å². The summed E-state index contributed by atoms with van der Waals surface area (Å²) in [6.07, 6.45) is 0. The van der Waals surface area contributed by atoms with Crippen molar-refractivity contribution in [1.29, 1.82) is 0 Å². The molecule has 3 N–H and O–H groups in total. The van der Waals surface area contributed by atoms with Crippen LogP contribution in [0, 0.1) is 6.92 Å². The van der Waals surface area contributed by atoms with Crippen molar-refractivity contribution in [1.82, 2.24) is 4.72 Å². The molecular weight excluding hydrogens is 561 g/mol. The van der Waals surface area contributed by atoms with Crippen LogP contribution in [0.3, 0.4) is 0 Å². The molecule has 0 saturated carbocycles. The Morgan fingerprint density at radius 3 is 1.20 bits per heavy atom. The van der Waals surface area contributed by atoms with Crippen LogP contribution in [-0.2, 0) is 10.0 Å². The fourth-order valence-electron chi connectivity index (χ4n) is 6.20. The van der Waals surface area contributed by atoms with Gasteiger partial charge in [-0.3, -0.25) is 0 Å². The number of nitrogens with two attached hydrogens (primary N) is 1. The number of rotatable bonds is 12. The predicted molar refractivity (Wildman–Crippen MR) is 189 cm³/mol. The summed E-state index contributed by atoms with van der Waals surface area (Å²) < 4.78 is 31.6. The molecule has 0 aliphatic carbocycles. The van der Waals surface area contributed by atoms with Gasteiger partial charge in [-0.1, -0.05) is 125 Å². The third-order valence-electron chi connectivity index (χ3n) is 8.97. The first-order chi connectivity index (χ1) is 20.4. The summed E-state index contributed by atoms with van der Waals surface area (Å²) in [5, 5.41) is 0. The molecule has 0 aliphatic heterocycles. The zero-order chi connectivity index (χ0) is 33.3. The van der Waals surface area contributed by atoms with Crippen molar-refractivity contribution in [3.8, 4) is 0 Å². The number of sulfonamides is 1. The van der Waals surface area contributed by atoms with Gasteiger partial charge >= 0.3 is 0 Å². The maximum Gasteiger partial charge on any atom is 0.241 e. The van der Waals surface area contributed by atoms with Crippen LogP contribution in [0.2, 0.25) is 0 Å². The van der Waals surface area contributed by atoms with Gasteiger partial charge < -0.3 is 5.73 Å². The van der Waals surface area contributed by atoms with Crippen molar-refractivity contribution in [2.45, 2.75) is 142 Å². The van der Waals surface area contributed by atoms with Crippen LogP contribution in [-0.4, -0.2) is 8.42 Å². The van der Waals surface area contributed by atoms with Crippen molar-refractivity contribution >= 4 is 10.0 Å². The fourth-order valence-corrected chi connectivity index (χ4v) is 7.43. The van der Waals surface area contributed by atoms with Gasteiger partial charge in [0.1, 0.15) is 0 Å². The van der Waals surface area contributed by atoms with E-state index < -0.39 is 22.1 Å². The second-order valence-corrected chi connectivity index (χ2v) is 16.3. The Morgan fingerprint density at radius 2 is 0.886 bits per heavy atom. The number of aryl methyl sites for hydroxylation is 1. The lowest BCUT2D eigenvalue weighted by Gasteiger charge is -2.35. The molecule has 0 saturated heterocycles. The van der Waals surface area contributed by atoms with Crippen LogP contribution < -0.4 is 10.5 Å². The molecule has 0 bridgehead atoms. The summed E-state index contributed by atoms with van der Waals surface area (Å²) in [6.45, 7) is 28.5. The summed E-state index contributed by atoms with van der Waals surface area (Å²) in [5.74, 6) is 1.52. The van der Waals surface area contributed by atoms with Crippen LogP contribution in [0.15, 0.2) is 53.4 Å². The molecule has 0 amide bonds. The Hall–Kier alpha value is -2.47. The number of hydrogen-bond acceptors (Lipinski definition) is 3. The van der Waals surface area contributed by atoms with Crippen LogP contribution >= 0.6 is 0 Å². The summed E-state index contributed by atoms with van der Waals surface area (Å²) in [6, 6.07) is 15.0. The monoisotopic (exact) mass is 618 g/mol. The van der Waals surface area contributed by atoms with E-state index in [1.165, 1.54) is 22.3 Å². The van der Waals surface area contributed by atoms with Gasteiger partial charge in [-0.05, 0) is 99.1 Å². The molecular formula is C39H58N2O2S. The minimum Gasteiger partial charge on any atom is -0.322 e. The van der Waals surface area contributed by atoms with Gasteiger partial charge in [-0.2, -0.15) is 0 Å². The molecule has 0 aromatic heterocycles. The average molecular weight is 619 g/mol. The highest BCUT2D eigenvalue weighted by Gasteiger charge is 2.35. The van der Waals surface area contributed by atoms with Crippen LogP contribution in [0.1, 0.15) is 181 Å². The normalized spacial score (nSPS) is 14.1.